The van der Waals surface area contributed by atoms with E-state index in [-0.39, 0.29) is 0 Å². The van der Waals surface area contributed by atoms with Crippen molar-refractivity contribution >= 4 is 11.8 Å². The van der Waals surface area contributed by atoms with Gasteiger partial charge in [0.05, 0.1) is 6.20 Å². The van der Waals surface area contributed by atoms with Gasteiger partial charge in [0.1, 0.15) is 17.5 Å². The second-order valence-corrected chi connectivity index (χ2v) is 10.1. The van der Waals surface area contributed by atoms with E-state index in [0.717, 1.165) is 25.4 Å². The molecule has 6 heteroatoms. The van der Waals surface area contributed by atoms with Crippen LogP contribution < -0.4 is 16.4 Å². The van der Waals surface area contributed by atoms with E-state index in [1.165, 1.54) is 43.2 Å². The fraction of sp³-hybridized carbons (Fsp3) is 0.560. The molecular weight excluding hydrogens is 384 g/mol. The summed E-state index contributed by atoms with van der Waals surface area (Å²) in [4.78, 5) is 9.00. The number of nitrogens with two attached hydrogens (primary N) is 1. The van der Waals surface area contributed by atoms with Crippen molar-refractivity contribution in [3.05, 3.63) is 47.2 Å². The van der Waals surface area contributed by atoms with Crippen LogP contribution in [-0.4, -0.2) is 29.1 Å². The summed E-state index contributed by atoms with van der Waals surface area (Å²) < 4.78 is 0. The van der Waals surface area contributed by atoms with Gasteiger partial charge >= 0.3 is 0 Å². The third-order valence-electron chi connectivity index (χ3n) is 7.95. The number of rotatable bonds is 7. The van der Waals surface area contributed by atoms with E-state index in [2.05, 4.69) is 57.9 Å². The Morgan fingerprint density at radius 3 is 2.68 bits per heavy atom. The molecule has 6 nitrogen and oxygen atoms in total. The van der Waals surface area contributed by atoms with Crippen molar-refractivity contribution in [3.63, 3.8) is 0 Å². The molecule has 4 bridgehead atoms. The van der Waals surface area contributed by atoms with Gasteiger partial charge in [-0.3, -0.25) is 0 Å². The van der Waals surface area contributed by atoms with Crippen LogP contribution in [0.1, 0.15) is 48.8 Å². The van der Waals surface area contributed by atoms with Crippen LogP contribution in [0.5, 0.6) is 0 Å². The van der Waals surface area contributed by atoms with E-state index in [1.54, 1.807) is 6.20 Å². The van der Waals surface area contributed by atoms with Crippen molar-refractivity contribution in [2.24, 2.45) is 28.9 Å². The molecule has 0 spiro atoms. The smallest absolute Gasteiger partial charge is 0.224 e. The molecule has 4 aliphatic carbocycles. The molecule has 6 rings (SSSR count). The molecule has 1 aromatic carbocycles. The van der Waals surface area contributed by atoms with E-state index in [0.29, 0.717) is 40.6 Å². The molecule has 3 unspecified atom stereocenters. The Hall–Kier alpha value is -2.65. The summed E-state index contributed by atoms with van der Waals surface area (Å²) in [5.41, 5.74) is 9.93. The highest BCUT2D eigenvalue weighted by atomic mass is 15.1. The first kappa shape index (κ1) is 20.3. The molecule has 1 aromatic heterocycles. The number of benzene rings is 1. The molecule has 0 amide bonds. The van der Waals surface area contributed by atoms with Gasteiger partial charge in [-0.1, -0.05) is 24.3 Å². The number of hydrogen-bond donors (Lipinski definition) is 3. The molecule has 4 saturated carbocycles. The number of aromatic nitrogens is 2. The topological polar surface area (TPSA) is 99.7 Å². The largest absolute Gasteiger partial charge is 0.368 e. The first-order chi connectivity index (χ1) is 15.0. The predicted molar refractivity (Wildman–Crippen MR) is 123 cm³/mol. The van der Waals surface area contributed by atoms with Crippen LogP contribution in [0.3, 0.4) is 0 Å². The van der Waals surface area contributed by atoms with E-state index < -0.39 is 0 Å². The molecule has 4 fully saturated rings. The highest BCUT2D eigenvalue weighted by molar-refractivity contribution is 5.53. The zero-order valence-electron chi connectivity index (χ0n) is 18.3. The summed E-state index contributed by atoms with van der Waals surface area (Å²) in [6, 6.07) is 11.0. The maximum absolute atomic E-state index is 9.55. The molecule has 4 aliphatic rings. The summed E-state index contributed by atoms with van der Waals surface area (Å²) in [6.45, 7) is 3.76. The number of nitrogens with zero attached hydrogens (tertiary/aromatic N) is 3. The van der Waals surface area contributed by atoms with E-state index in [9.17, 15) is 5.26 Å². The van der Waals surface area contributed by atoms with Gasteiger partial charge in [0, 0.05) is 19.1 Å². The van der Waals surface area contributed by atoms with Crippen LogP contribution in [-0.2, 0) is 6.42 Å². The number of nitrogens with one attached hydrogen (secondary N) is 2. The first-order valence-electron chi connectivity index (χ1n) is 11.6. The van der Waals surface area contributed by atoms with Crippen LogP contribution in [0.15, 0.2) is 30.5 Å². The molecule has 1 heterocycles. The van der Waals surface area contributed by atoms with Crippen LogP contribution >= 0.6 is 0 Å². The monoisotopic (exact) mass is 416 g/mol. The molecule has 162 valence electrons. The predicted octanol–water partition coefficient (Wildman–Crippen LogP) is 3.88. The summed E-state index contributed by atoms with van der Waals surface area (Å²) in [6.07, 6.45) is 8.86. The van der Waals surface area contributed by atoms with Crippen molar-refractivity contribution in [1.82, 2.24) is 9.97 Å². The van der Waals surface area contributed by atoms with Crippen LogP contribution in [0, 0.1) is 41.4 Å². The third kappa shape index (κ3) is 3.99. The average Bonchev–Trinajstić information content (AvgIpc) is 2.77. The Balaban J connectivity index is 1.24. The molecule has 2 aromatic rings. The second kappa shape index (κ2) is 8.12. The lowest BCUT2D eigenvalue weighted by atomic mass is 9.48. The number of anilines is 2. The van der Waals surface area contributed by atoms with E-state index in [1.807, 2.05) is 0 Å². The zero-order valence-corrected chi connectivity index (χ0v) is 18.3. The minimum Gasteiger partial charge on any atom is -0.368 e. The van der Waals surface area contributed by atoms with Crippen molar-refractivity contribution in [3.8, 4) is 6.07 Å². The third-order valence-corrected chi connectivity index (χ3v) is 7.95. The van der Waals surface area contributed by atoms with Gasteiger partial charge in [-0.05, 0) is 79.7 Å². The minimum absolute atomic E-state index is 0.308. The average molecular weight is 417 g/mol. The maximum atomic E-state index is 9.55. The van der Waals surface area contributed by atoms with E-state index >= 15 is 0 Å². The Bertz CT molecular complexity index is 980. The van der Waals surface area contributed by atoms with Crippen LogP contribution in [0.4, 0.5) is 11.8 Å². The molecule has 0 aliphatic heterocycles. The second-order valence-electron chi connectivity index (χ2n) is 10.1. The van der Waals surface area contributed by atoms with Gasteiger partial charge in [-0.15, -0.1) is 0 Å². The zero-order chi connectivity index (χ0) is 21.4. The molecule has 5 atom stereocenters. The highest BCUT2D eigenvalue weighted by Gasteiger charge is 2.54. The van der Waals surface area contributed by atoms with Crippen LogP contribution in [0.25, 0.3) is 0 Å². The lowest BCUT2D eigenvalue weighted by Gasteiger charge is -2.59. The highest BCUT2D eigenvalue weighted by Crippen LogP contribution is 2.59. The maximum Gasteiger partial charge on any atom is 0.224 e. The van der Waals surface area contributed by atoms with Crippen LogP contribution in [0.2, 0.25) is 0 Å². The van der Waals surface area contributed by atoms with Crippen molar-refractivity contribution in [2.45, 2.75) is 51.5 Å². The van der Waals surface area contributed by atoms with Gasteiger partial charge in [0.15, 0.2) is 0 Å². The summed E-state index contributed by atoms with van der Waals surface area (Å²) in [5, 5.41) is 16.4. The van der Waals surface area contributed by atoms with Crippen molar-refractivity contribution < 1.29 is 0 Å². The molecule has 0 saturated heterocycles. The van der Waals surface area contributed by atoms with Gasteiger partial charge < -0.3 is 16.4 Å². The van der Waals surface area contributed by atoms with Crippen molar-refractivity contribution in [1.29, 1.82) is 5.26 Å². The van der Waals surface area contributed by atoms with Gasteiger partial charge in [-0.2, -0.15) is 10.2 Å². The first-order valence-corrected chi connectivity index (χ1v) is 11.6. The Labute approximate surface area is 184 Å². The Morgan fingerprint density at radius 2 is 1.94 bits per heavy atom. The number of nitriles is 1. The molecular formula is C25H32N6. The molecule has 0 radical (unpaired) electrons. The number of hydrogen-bond acceptors (Lipinski definition) is 6. The summed E-state index contributed by atoms with van der Waals surface area (Å²) >= 11 is 0. The number of aryl methyl sites for hydroxylation is 1. The molecule has 31 heavy (non-hydrogen) atoms. The fourth-order valence-corrected chi connectivity index (χ4v) is 6.60. The Kier molecular flexibility index (Phi) is 5.31. The van der Waals surface area contributed by atoms with Gasteiger partial charge in [-0.25, -0.2) is 4.98 Å². The fourth-order valence-electron chi connectivity index (χ4n) is 6.60. The van der Waals surface area contributed by atoms with Crippen molar-refractivity contribution in [2.75, 3.05) is 23.7 Å². The van der Waals surface area contributed by atoms with Gasteiger partial charge in [0.25, 0.3) is 0 Å². The molecule has 4 N–H and O–H groups in total. The lowest BCUT2D eigenvalue weighted by molar-refractivity contribution is -0.0591. The summed E-state index contributed by atoms with van der Waals surface area (Å²) in [7, 11) is 0. The Morgan fingerprint density at radius 1 is 1.16 bits per heavy atom. The van der Waals surface area contributed by atoms with Gasteiger partial charge in [0.2, 0.25) is 5.95 Å². The SMILES string of the molecule is Cc1ccccc1CCNc1ncc(C#N)c(NCC23CC4C[C@H](C2)C(N)[C@@H](C4)C3)n1. The lowest BCUT2D eigenvalue weighted by Crippen LogP contribution is -2.58. The van der Waals surface area contributed by atoms with E-state index in [4.69, 9.17) is 5.73 Å². The standard InChI is InChI=1S/C25H32N6/c1-16-4-2-3-5-18(16)6-7-28-24-29-14-21(13-26)23(31-24)30-15-25-10-17-8-19(11-25)22(27)20(9-17)12-25/h2-5,14,17,19-20,22H,6-12,15,27H2,1H3,(H2,28,29,30,31)/t17?,19-,20+,22?,25?. The summed E-state index contributed by atoms with van der Waals surface area (Å²) in [5.74, 6) is 3.40. The normalized spacial score (nSPS) is 30.7. The minimum atomic E-state index is 0.308. The quantitative estimate of drug-likeness (QED) is 0.633.